The summed E-state index contributed by atoms with van der Waals surface area (Å²) in [4.78, 5) is 24.2. The monoisotopic (exact) mass is 442 g/mol. The van der Waals surface area contributed by atoms with E-state index in [1.165, 1.54) is 0 Å². The first-order chi connectivity index (χ1) is 14.4. The van der Waals surface area contributed by atoms with Crippen molar-refractivity contribution in [2.75, 3.05) is 29.9 Å². The van der Waals surface area contributed by atoms with Crippen molar-refractivity contribution in [3.05, 3.63) is 63.6 Å². The lowest BCUT2D eigenvalue weighted by molar-refractivity contribution is -0.136. The zero-order valence-electron chi connectivity index (χ0n) is 16.3. The van der Waals surface area contributed by atoms with E-state index in [2.05, 4.69) is 9.89 Å². The molecule has 0 atom stereocenters. The van der Waals surface area contributed by atoms with E-state index in [0.29, 0.717) is 22.1 Å². The molecule has 2 heterocycles. The highest BCUT2D eigenvalue weighted by molar-refractivity contribution is 6.45. The normalized spacial score (nSPS) is 13.2. The number of hydrogen-bond acceptors (Lipinski definition) is 5. The van der Waals surface area contributed by atoms with Crippen molar-refractivity contribution < 1.29 is 9.90 Å². The number of hydrogen-bond donors (Lipinski definition) is 1. The van der Waals surface area contributed by atoms with E-state index in [-0.39, 0.29) is 6.42 Å². The average molecular weight is 443 g/mol. The summed E-state index contributed by atoms with van der Waals surface area (Å²) in [5, 5.41) is 10.8. The van der Waals surface area contributed by atoms with Gasteiger partial charge in [0.15, 0.2) is 0 Å². The van der Waals surface area contributed by atoms with Gasteiger partial charge in [-0.3, -0.25) is 9.79 Å². The SMILES string of the molecule is CN(Cc1cccc(CC(=O)O)c1)c1cc(N2C=NCC2)c2ccc(Cl)c(Cl)c2n1. The lowest BCUT2D eigenvalue weighted by atomic mass is 10.1. The van der Waals surface area contributed by atoms with Crippen LogP contribution in [0.15, 0.2) is 47.5 Å². The molecule has 0 unspecified atom stereocenters. The molecule has 0 saturated carbocycles. The number of aromatic nitrogens is 1. The maximum Gasteiger partial charge on any atom is 0.307 e. The predicted octanol–water partition coefficient (Wildman–Crippen LogP) is 4.65. The Kier molecular flexibility index (Phi) is 5.79. The third-order valence-electron chi connectivity index (χ3n) is 5.00. The number of fused-ring (bicyclic) bond motifs is 1. The summed E-state index contributed by atoms with van der Waals surface area (Å²) in [6.07, 6.45) is 1.83. The molecule has 6 nitrogen and oxygen atoms in total. The quantitative estimate of drug-likeness (QED) is 0.601. The molecule has 0 amide bonds. The molecule has 0 radical (unpaired) electrons. The first-order valence-corrected chi connectivity index (χ1v) is 10.2. The van der Waals surface area contributed by atoms with E-state index in [4.69, 9.17) is 33.3 Å². The molecule has 0 spiro atoms. The van der Waals surface area contributed by atoms with Crippen LogP contribution in [-0.2, 0) is 17.8 Å². The second kappa shape index (κ2) is 8.50. The van der Waals surface area contributed by atoms with Gasteiger partial charge in [0.25, 0.3) is 0 Å². The topological polar surface area (TPSA) is 69.0 Å². The summed E-state index contributed by atoms with van der Waals surface area (Å²) < 4.78 is 0. The van der Waals surface area contributed by atoms with Gasteiger partial charge in [-0.2, -0.15) is 0 Å². The van der Waals surface area contributed by atoms with Gasteiger partial charge in [-0.05, 0) is 23.3 Å². The van der Waals surface area contributed by atoms with E-state index < -0.39 is 5.97 Å². The fraction of sp³-hybridized carbons (Fsp3) is 0.227. The zero-order valence-corrected chi connectivity index (χ0v) is 17.9. The lowest BCUT2D eigenvalue weighted by Gasteiger charge is -2.23. The van der Waals surface area contributed by atoms with Crippen LogP contribution < -0.4 is 9.80 Å². The summed E-state index contributed by atoms with van der Waals surface area (Å²) in [5.41, 5.74) is 3.38. The van der Waals surface area contributed by atoms with Crippen LogP contribution in [0.3, 0.4) is 0 Å². The largest absolute Gasteiger partial charge is 0.481 e. The second-order valence-corrected chi connectivity index (χ2v) is 8.00. The Hall–Kier alpha value is -2.83. The van der Waals surface area contributed by atoms with Crippen LogP contribution in [0, 0.1) is 0 Å². The van der Waals surface area contributed by atoms with E-state index in [9.17, 15) is 4.79 Å². The second-order valence-electron chi connectivity index (χ2n) is 7.22. The summed E-state index contributed by atoms with van der Waals surface area (Å²) >= 11 is 12.7. The molecule has 0 saturated heterocycles. The number of nitrogens with zero attached hydrogens (tertiary/aromatic N) is 4. The minimum Gasteiger partial charge on any atom is -0.481 e. The number of aliphatic carboxylic acids is 1. The van der Waals surface area contributed by atoms with Crippen molar-refractivity contribution in [1.82, 2.24) is 4.98 Å². The zero-order chi connectivity index (χ0) is 21.3. The third-order valence-corrected chi connectivity index (χ3v) is 5.79. The van der Waals surface area contributed by atoms with E-state index >= 15 is 0 Å². The van der Waals surface area contributed by atoms with Crippen LogP contribution in [-0.4, -0.2) is 42.5 Å². The van der Waals surface area contributed by atoms with Crippen LogP contribution in [0.2, 0.25) is 10.0 Å². The van der Waals surface area contributed by atoms with Gasteiger partial charge in [0, 0.05) is 31.6 Å². The van der Waals surface area contributed by atoms with Crippen LogP contribution >= 0.6 is 23.2 Å². The van der Waals surface area contributed by atoms with Crippen molar-refractivity contribution in [2.45, 2.75) is 13.0 Å². The maximum atomic E-state index is 11.0. The fourth-order valence-corrected chi connectivity index (χ4v) is 3.93. The maximum absolute atomic E-state index is 11.0. The Morgan fingerprint density at radius 3 is 2.73 bits per heavy atom. The minimum absolute atomic E-state index is 0.00166. The molecule has 2 aromatic carbocycles. The highest BCUT2D eigenvalue weighted by atomic mass is 35.5. The average Bonchev–Trinajstić information content (AvgIpc) is 3.24. The van der Waals surface area contributed by atoms with Gasteiger partial charge in [0.05, 0.1) is 40.6 Å². The molecule has 0 aliphatic carbocycles. The van der Waals surface area contributed by atoms with Gasteiger partial charge in [-0.1, -0.05) is 47.5 Å². The lowest BCUT2D eigenvalue weighted by Crippen LogP contribution is -2.22. The number of anilines is 2. The number of carboxylic acids is 1. The first kappa shape index (κ1) is 20.4. The molecule has 4 rings (SSSR count). The van der Waals surface area contributed by atoms with E-state index in [1.54, 1.807) is 6.07 Å². The van der Waals surface area contributed by atoms with Crippen molar-refractivity contribution in [3.63, 3.8) is 0 Å². The van der Waals surface area contributed by atoms with E-state index in [0.717, 1.165) is 41.1 Å². The van der Waals surface area contributed by atoms with Crippen molar-refractivity contribution >= 4 is 57.9 Å². The summed E-state index contributed by atoms with van der Waals surface area (Å²) in [6.45, 7) is 2.10. The van der Waals surface area contributed by atoms with Crippen molar-refractivity contribution in [2.24, 2.45) is 4.99 Å². The van der Waals surface area contributed by atoms with E-state index in [1.807, 2.05) is 54.7 Å². The Morgan fingerprint density at radius 2 is 2.00 bits per heavy atom. The van der Waals surface area contributed by atoms with Gasteiger partial charge in [0.2, 0.25) is 0 Å². The minimum atomic E-state index is -0.847. The Bertz CT molecular complexity index is 1150. The Balaban J connectivity index is 1.72. The van der Waals surface area contributed by atoms with Gasteiger partial charge < -0.3 is 14.9 Å². The highest BCUT2D eigenvalue weighted by Crippen LogP contribution is 2.37. The van der Waals surface area contributed by atoms with Gasteiger partial charge in [0.1, 0.15) is 5.82 Å². The molecule has 1 aliphatic rings. The summed E-state index contributed by atoms with van der Waals surface area (Å²) in [6, 6.07) is 13.3. The number of halogens is 2. The van der Waals surface area contributed by atoms with Crippen molar-refractivity contribution in [1.29, 1.82) is 0 Å². The molecule has 30 heavy (non-hydrogen) atoms. The summed E-state index contributed by atoms with van der Waals surface area (Å²) in [5.74, 6) is -0.106. The van der Waals surface area contributed by atoms with Crippen LogP contribution in [0.4, 0.5) is 11.5 Å². The number of benzene rings is 2. The van der Waals surface area contributed by atoms with Crippen LogP contribution in [0.5, 0.6) is 0 Å². The van der Waals surface area contributed by atoms with Gasteiger partial charge in [-0.15, -0.1) is 0 Å². The number of rotatable bonds is 6. The number of aliphatic imine (C=N–C) groups is 1. The number of carbonyl (C=O) groups is 1. The predicted molar refractivity (Wildman–Crippen MR) is 122 cm³/mol. The molecular formula is C22H20Cl2N4O2. The molecular weight excluding hydrogens is 423 g/mol. The number of carboxylic acid groups (broad SMARTS) is 1. The molecule has 1 N–H and O–H groups in total. The molecule has 1 aromatic heterocycles. The third kappa shape index (κ3) is 4.20. The van der Waals surface area contributed by atoms with Crippen LogP contribution in [0.25, 0.3) is 10.9 Å². The molecule has 1 aliphatic heterocycles. The first-order valence-electron chi connectivity index (χ1n) is 9.48. The summed E-state index contributed by atoms with van der Waals surface area (Å²) in [7, 11) is 1.94. The van der Waals surface area contributed by atoms with Gasteiger partial charge in [-0.25, -0.2) is 4.98 Å². The van der Waals surface area contributed by atoms with Crippen LogP contribution in [0.1, 0.15) is 11.1 Å². The molecule has 8 heteroatoms. The Morgan fingerprint density at radius 1 is 1.20 bits per heavy atom. The Labute approximate surface area is 184 Å². The molecule has 0 fully saturated rings. The molecule has 154 valence electrons. The van der Waals surface area contributed by atoms with Crippen molar-refractivity contribution in [3.8, 4) is 0 Å². The number of pyridine rings is 1. The molecule has 3 aromatic rings. The van der Waals surface area contributed by atoms with Gasteiger partial charge >= 0.3 is 5.97 Å². The highest BCUT2D eigenvalue weighted by Gasteiger charge is 2.18. The molecule has 0 bridgehead atoms. The fourth-order valence-electron chi connectivity index (χ4n) is 3.57. The smallest absolute Gasteiger partial charge is 0.307 e. The standard InChI is InChI=1S/C22H20Cl2N4O2/c1-27(12-15-4-2-3-14(9-15)10-20(29)30)19-11-18(28-8-7-25-13-28)16-5-6-17(23)21(24)22(16)26-19/h2-6,9,11,13H,7-8,10,12H2,1H3,(H,29,30).